The molecule has 0 spiro atoms. The van der Waals surface area contributed by atoms with E-state index in [1.54, 1.807) is 6.08 Å². The van der Waals surface area contributed by atoms with E-state index < -0.39 is 17.8 Å². The molecule has 1 aliphatic rings. The fourth-order valence-electron chi connectivity index (χ4n) is 3.74. The van der Waals surface area contributed by atoms with Gasteiger partial charge in [-0.05, 0) is 47.7 Å². The van der Waals surface area contributed by atoms with Crippen LogP contribution in [0.1, 0.15) is 45.1 Å². The minimum atomic E-state index is -0.505. The number of amides is 4. The topological polar surface area (TPSA) is 60.9 Å². The summed E-state index contributed by atoms with van der Waals surface area (Å²) in [5.74, 6) is -1.01. The summed E-state index contributed by atoms with van der Waals surface area (Å²) in [7, 11) is 4.01. The first kappa shape index (κ1) is 24.2. The van der Waals surface area contributed by atoms with E-state index in [1.165, 1.54) is 9.80 Å². The predicted molar refractivity (Wildman–Crippen MR) is 133 cm³/mol. The number of hydrogen-bond acceptors (Lipinski definition) is 4. The Morgan fingerprint density at radius 2 is 1.18 bits per heavy atom. The third-order valence-electron chi connectivity index (χ3n) is 5.82. The number of hydrogen-bond donors (Lipinski definition) is 0. The number of anilines is 1. The summed E-state index contributed by atoms with van der Waals surface area (Å²) in [6, 6.07) is 15.5. The minimum Gasteiger partial charge on any atom is -0.378 e. The van der Waals surface area contributed by atoms with Crippen LogP contribution in [0.15, 0.2) is 54.1 Å². The van der Waals surface area contributed by atoms with Crippen LogP contribution in [0.5, 0.6) is 0 Å². The highest BCUT2D eigenvalue weighted by Gasteiger charge is 2.41. The molecule has 0 aliphatic carbocycles. The summed E-state index contributed by atoms with van der Waals surface area (Å²) in [6.07, 6.45) is 4.74. The Hall–Kier alpha value is -3.41. The smallest absolute Gasteiger partial charge is 0.333 e. The molecule has 1 aliphatic heterocycles. The average molecular weight is 448 g/mol. The molecule has 2 aromatic rings. The molecule has 0 saturated carbocycles. The van der Waals surface area contributed by atoms with Crippen molar-refractivity contribution < 1.29 is 14.4 Å². The number of rotatable bonds is 9. The predicted octanol–water partition coefficient (Wildman–Crippen LogP) is 5.19. The molecule has 0 atom stereocenters. The first-order valence-corrected chi connectivity index (χ1v) is 11.6. The van der Waals surface area contributed by atoms with Gasteiger partial charge in [0.2, 0.25) is 0 Å². The Morgan fingerprint density at radius 1 is 0.727 bits per heavy atom. The van der Waals surface area contributed by atoms with Gasteiger partial charge in [0.15, 0.2) is 0 Å². The summed E-state index contributed by atoms with van der Waals surface area (Å²) in [6.45, 7) is 4.66. The average Bonchev–Trinajstić information content (AvgIpc) is 2.82. The number of carbonyl (C=O) groups is 3. The maximum atomic E-state index is 13.0. The molecular formula is C27H33N3O3. The second-order valence-corrected chi connectivity index (χ2v) is 8.52. The van der Waals surface area contributed by atoms with Crippen LogP contribution >= 0.6 is 0 Å². The monoisotopic (exact) mass is 447 g/mol. The lowest BCUT2D eigenvalue weighted by Gasteiger charge is -2.34. The zero-order valence-electron chi connectivity index (χ0n) is 20.0. The number of unbranched alkanes of at least 4 members (excludes halogenated alkanes) is 2. The van der Waals surface area contributed by atoms with Crippen LogP contribution in [0, 0.1) is 0 Å². The first-order valence-electron chi connectivity index (χ1n) is 11.6. The molecule has 0 aromatic heterocycles. The van der Waals surface area contributed by atoms with E-state index in [0.29, 0.717) is 25.9 Å². The Kier molecular flexibility index (Phi) is 8.04. The third kappa shape index (κ3) is 5.51. The summed E-state index contributed by atoms with van der Waals surface area (Å²) in [5.41, 5.74) is 4.06. The Balaban J connectivity index is 1.87. The molecule has 3 rings (SSSR count). The van der Waals surface area contributed by atoms with Crippen LogP contribution in [-0.4, -0.2) is 54.8 Å². The lowest BCUT2D eigenvalue weighted by molar-refractivity contribution is -0.135. The molecule has 0 N–H and O–H groups in total. The Labute approximate surface area is 196 Å². The van der Waals surface area contributed by atoms with Crippen molar-refractivity contribution in [3.63, 3.8) is 0 Å². The highest BCUT2D eigenvalue weighted by Crippen LogP contribution is 2.25. The zero-order chi connectivity index (χ0) is 24.0. The van der Waals surface area contributed by atoms with Gasteiger partial charge < -0.3 is 4.90 Å². The van der Waals surface area contributed by atoms with Gasteiger partial charge in [-0.1, -0.05) is 63.1 Å². The number of imide groups is 2. The van der Waals surface area contributed by atoms with E-state index in [4.69, 9.17) is 0 Å². The van der Waals surface area contributed by atoms with E-state index in [2.05, 4.69) is 29.2 Å². The highest BCUT2D eigenvalue weighted by molar-refractivity contribution is 6.30. The molecule has 6 nitrogen and oxygen atoms in total. The van der Waals surface area contributed by atoms with Gasteiger partial charge in [-0.15, -0.1) is 0 Å². The Bertz CT molecular complexity index is 992. The van der Waals surface area contributed by atoms with Crippen molar-refractivity contribution in [1.29, 1.82) is 0 Å². The van der Waals surface area contributed by atoms with Crippen molar-refractivity contribution in [2.45, 2.75) is 39.5 Å². The third-order valence-corrected chi connectivity index (χ3v) is 5.82. The van der Waals surface area contributed by atoms with Gasteiger partial charge in [0.1, 0.15) is 5.57 Å². The van der Waals surface area contributed by atoms with Crippen molar-refractivity contribution in [2.75, 3.05) is 32.1 Å². The number of urea groups is 1. The van der Waals surface area contributed by atoms with Crippen LogP contribution < -0.4 is 4.90 Å². The molecule has 1 saturated heterocycles. The fraction of sp³-hybridized carbons (Fsp3) is 0.370. The maximum absolute atomic E-state index is 13.0. The number of carbonyl (C=O) groups excluding carboxylic acids is 3. The number of benzene rings is 2. The molecule has 0 bridgehead atoms. The van der Waals surface area contributed by atoms with Crippen LogP contribution in [-0.2, 0) is 9.59 Å². The summed E-state index contributed by atoms with van der Waals surface area (Å²) in [5, 5.41) is 0. The van der Waals surface area contributed by atoms with Crippen LogP contribution in [0.4, 0.5) is 10.5 Å². The summed E-state index contributed by atoms with van der Waals surface area (Å²) >= 11 is 0. The van der Waals surface area contributed by atoms with E-state index in [-0.39, 0.29) is 5.57 Å². The van der Waals surface area contributed by atoms with Crippen molar-refractivity contribution in [2.24, 2.45) is 0 Å². The van der Waals surface area contributed by atoms with E-state index in [0.717, 1.165) is 35.2 Å². The van der Waals surface area contributed by atoms with Gasteiger partial charge in [-0.2, -0.15) is 0 Å². The molecule has 4 amide bonds. The second-order valence-electron chi connectivity index (χ2n) is 8.52. The Morgan fingerprint density at radius 3 is 1.61 bits per heavy atom. The van der Waals surface area contributed by atoms with Gasteiger partial charge in [0.05, 0.1) is 0 Å². The molecule has 174 valence electrons. The molecule has 1 fully saturated rings. The van der Waals surface area contributed by atoms with Crippen molar-refractivity contribution in [1.82, 2.24) is 9.80 Å². The summed E-state index contributed by atoms with van der Waals surface area (Å²) in [4.78, 5) is 43.4. The quantitative estimate of drug-likeness (QED) is 0.392. The normalized spacial score (nSPS) is 14.2. The molecule has 1 heterocycles. The maximum Gasteiger partial charge on any atom is 0.333 e. The molecule has 33 heavy (non-hydrogen) atoms. The van der Waals surface area contributed by atoms with Crippen molar-refractivity contribution in [3.05, 3.63) is 59.7 Å². The SMILES string of the molecule is CCCCN1C(=O)C(=Cc2ccc(-c3ccc(N(C)C)cc3)cc2)C(=O)N(CCCC)C1=O. The number of barbiturate groups is 1. The standard InChI is InChI=1S/C27H33N3O3/c1-5-7-17-29-25(31)24(26(32)30(27(29)33)18-8-6-2)19-20-9-11-21(12-10-20)22-13-15-23(16-14-22)28(3)4/h9-16,19H,5-8,17-18H2,1-4H3. The van der Waals surface area contributed by atoms with Crippen molar-refractivity contribution >= 4 is 29.6 Å². The lowest BCUT2D eigenvalue weighted by atomic mass is 10.0. The van der Waals surface area contributed by atoms with Gasteiger partial charge in [0, 0.05) is 32.9 Å². The van der Waals surface area contributed by atoms with Crippen LogP contribution in [0.2, 0.25) is 0 Å². The molecule has 2 aromatic carbocycles. The largest absolute Gasteiger partial charge is 0.378 e. The van der Waals surface area contributed by atoms with Gasteiger partial charge in [-0.3, -0.25) is 19.4 Å². The fourth-order valence-corrected chi connectivity index (χ4v) is 3.74. The number of nitrogens with zero attached hydrogens (tertiary/aromatic N) is 3. The van der Waals surface area contributed by atoms with Crippen molar-refractivity contribution in [3.8, 4) is 11.1 Å². The highest BCUT2D eigenvalue weighted by atomic mass is 16.2. The van der Waals surface area contributed by atoms with E-state index in [9.17, 15) is 14.4 Å². The molecule has 0 radical (unpaired) electrons. The van der Waals surface area contributed by atoms with E-state index in [1.807, 2.05) is 52.2 Å². The second kappa shape index (κ2) is 10.9. The van der Waals surface area contributed by atoms with E-state index >= 15 is 0 Å². The molecule has 6 heteroatoms. The van der Waals surface area contributed by atoms with Gasteiger partial charge in [0.25, 0.3) is 11.8 Å². The molecular weight excluding hydrogens is 414 g/mol. The van der Waals surface area contributed by atoms with Gasteiger partial charge >= 0.3 is 6.03 Å². The van der Waals surface area contributed by atoms with Gasteiger partial charge in [-0.25, -0.2) is 4.79 Å². The first-order chi connectivity index (χ1) is 15.9. The minimum absolute atomic E-state index is 0.0462. The summed E-state index contributed by atoms with van der Waals surface area (Å²) < 4.78 is 0. The zero-order valence-corrected chi connectivity index (χ0v) is 20.0. The lowest BCUT2D eigenvalue weighted by Crippen LogP contribution is -2.56. The van der Waals surface area contributed by atoms with Crippen LogP contribution in [0.25, 0.3) is 17.2 Å². The van der Waals surface area contributed by atoms with Crippen LogP contribution in [0.3, 0.4) is 0 Å². The molecule has 0 unspecified atom stereocenters.